The Bertz CT molecular complexity index is 66.0. The molecule has 0 saturated carbocycles. The normalized spacial score (nSPS) is 8.71. The molecule has 0 spiro atoms. The number of alkyl halides is 1. The van der Waals surface area contributed by atoms with Gasteiger partial charge >= 0.3 is 5.97 Å². The summed E-state index contributed by atoms with van der Waals surface area (Å²) in [6, 6.07) is 0. The van der Waals surface area contributed by atoms with Crippen molar-refractivity contribution in [3.8, 4) is 0 Å². The van der Waals surface area contributed by atoms with Crippen LogP contribution in [0.25, 0.3) is 0 Å². The van der Waals surface area contributed by atoms with Crippen LogP contribution in [0.2, 0.25) is 0 Å². The van der Waals surface area contributed by atoms with Crippen LogP contribution in [0.5, 0.6) is 0 Å². The number of aliphatic carboxylic acids is 1. The number of carboxylic acids is 1. The Morgan fingerprint density at radius 3 is 2.57 bits per heavy atom. The first kappa shape index (κ1) is 7.11. The van der Waals surface area contributed by atoms with Gasteiger partial charge in [0.05, 0.1) is 11.0 Å². The molecule has 0 aliphatic carbocycles. The topological polar surface area (TPSA) is 37.3 Å². The third-order valence-electron chi connectivity index (χ3n) is 0.303. The Balaban J connectivity index is 2.82. The zero-order chi connectivity index (χ0) is 5.70. The summed E-state index contributed by atoms with van der Waals surface area (Å²) in [5.41, 5.74) is 0. The van der Waals surface area contributed by atoms with E-state index in [2.05, 4.69) is 0 Å². The molecule has 42 valence electrons. The molecular weight excluding hydrogens is 136 g/mol. The lowest BCUT2D eigenvalue weighted by Crippen LogP contribution is -1.96. The Labute approximate surface area is 50.9 Å². The quantitative estimate of drug-likeness (QED) is 0.595. The number of rotatable bonds is 3. The Morgan fingerprint density at radius 1 is 1.86 bits per heavy atom. The first-order valence-electron chi connectivity index (χ1n) is 1.63. The minimum absolute atomic E-state index is 0.101. The van der Waals surface area contributed by atoms with Gasteiger partial charge < -0.3 is 5.11 Å². The summed E-state index contributed by atoms with van der Waals surface area (Å²) < 4.78 is 0. The molecule has 7 heavy (non-hydrogen) atoms. The van der Waals surface area contributed by atoms with E-state index in [0.717, 1.165) is 0 Å². The van der Waals surface area contributed by atoms with E-state index in [1.807, 2.05) is 0 Å². The average Bonchev–Trinajstić information content (AvgIpc) is 1.61. The van der Waals surface area contributed by atoms with Crippen molar-refractivity contribution in [2.24, 2.45) is 0 Å². The SMILES string of the molecule is O=C(O)CSCCl. The maximum Gasteiger partial charge on any atom is 0.313 e. The lowest BCUT2D eigenvalue weighted by atomic mass is 10.8. The third kappa shape index (κ3) is 6.11. The molecule has 0 aromatic rings. The summed E-state index contributed by atoms with van der Waals surface area (Å²) >= 11 is 6.33. The number of halogens is 1. The van der Waals surface area contributed by atoms with Crippen LogP contribution in [0, 0.1) is 0 Å². The molecule has 0 fully saturated rings. The first-order chi connectivity index (χ1) is 3.27. The van der Waals surface area contributed by atoms with Crippen molar-refractivity contribution in [1.82, 2.24) is 0 Å². The Kier molecular flexibility index (Phi) is 4.34. The number of carbonyl (C=O) groups is 1. The molecule has 0 unspecified atom stereocenters. The number of hydrogen-bond donors (Lipinski definition) is 1. The van der Waals surface area contributed by atoms with Crippen molar-refractivity contribution >= 4 is 29.3 Å². The lowest BCUT2D eigenvalue weighted by molar-refractivity contribution is -0.133. The third-order valence-corrected chi connectivity index (χ3v) is 1.37. The second-order valence-corrected chi connectivity index (χ2v) is 2.42. The zero-order valence-corrected chi connectivity index (χ0v) is 5.13. The molecule has 4 heteroatoms. The largest absolute Gasteiger partial charge is 0.481 e. The molecule has 2 nitrogen and oxygen atoms in total. The van der Waals surface area contributed by atoms with Crippen LogP contribution in [0.1, 0.15) is 0 Å². The molecule has 0 aromatic heterocycles. The lowest BCUT2D eigenvalue weighted by Gasteiger charge is -1.84. The molecule has 0 atom stereocenters. The standard InChI is InChI=1S/C3H5ClO2S/c4-2-7-1-3(5)6/h1-2H2,(H,5,6). The molecule has 0 aromatic carbocycles. The van der Waals surface area contributed by atoms with Gasteiger partial charge in [0.1, 0.15) is 0 Å². The van der Waals surface area contributed by atoms with Crippen LogP contribution in [0.4, 0.5) is 0 Å². The van der Waals surface area contributed by atoms with Gasteiger partial charge in [-0.25, -0.2) is 0 Å². The van der Waals surface area contributed by atoms with Gasteiger partial charge in [-0.1, -0.05) is 0 Å². The highest BCUT2D eigenvalue weighted by Crippen LogP contribution is 1.99. The van der Waals surface area contributed by atoms with Gasteiger partial charge in [0, 0.05) is 0 Å². The monoisotopic (exact) mass is 140 g/mol. The predicted molar refractivity (Wildman–Crippen MR) is 30.8 cm³/mol. The van der Waals surface area contributed by atoms with Crippen LogP contribution in [0.15, 0.2) is 0 Å². The molecule has 0 bridgehead atoms. The molecular formula is C3H5ClO2S. The van der Waals surface area contributed by atoms with Crippen LogP contribution in [0.3, 0.4) is 0 Å². The molecule has 0 aliphatic rings. The van der Waals surface area contributed by atoms with Crippen LogP contribution in [-0.2, 0) is 4.79 Å². The predicted octanol–water partition coefficient (Wildman–Crippen LogP) is 1.00. The van der Waals surface area contributed by atoms with E-state index in [4.69, 9.17) is 16.7 Å². The fourth-order valence-electron chi connectivity index (χ4n) is 0.126. The van der Waals surface area contributed by atoms with Crippen molar-refractivity contribution in [2.45, 2.75) is 0 Å². The highest BCUT2D eigenvalue weighted by Gasteiger charge is 1.91. The van der Waals surface area contributed by atoms with Crippen LogP contribution in [-0.4, -0.2) is 22.0 Å². The van der Waals surface area contributed by atoms with E-state index in [-0.39, 0.29) is 5.75 Å². The number of thioether (sulfide) groups is 1. The summed E-state index contributed by atoms with van der Waals surface area (Å²) in [4.78, 5) is 9.68. The van der Waals surface area contributed by atoms with E-state index >= 15 is 0 Å². The number of hydrogen-bond acceptors (Lipinski definition) is 2. The summed E-state index contributed by atoms with van der Waals surface area (Å²) in [5.74, 6) is -0.714. The number of carboxylic acid groups (broad SMARTS) is 1. The van der Waals surface area contributed by atoms with Gasteiger partial charge in [0.2, 0.25) is 0 Å². The smallest absolute Gasteiger partial charge is 0.313 e. The Hall–Kier alpha value is 0.110. The van der Waals surface area contributed by atoms with Gasteiger partial charge in [0.15, 0.2) is 0 Å². The summed E-state index contributed by atoms with van der Waals surface area (Å²) in [5, 5.41) is 8.32. The van der Waals surface area contributed by atoms with Crippen molar-refractivity contribution in [3.63, 3.8) is 0 Å². The van der Waals surface area contributed by atoms with Gasteiger partial charge in [-0.05, 0) is 0 Å². The van der Waals surface area contributed by atoms with Crippen molar-refractivity contribution in [1.29, 1.82) is 0 Å². The molecule has 0 aliphatic heterocycles. The fourth-order valence-corrected chi connectivity index (χ4v) is 0.609. The highest BCUT2D eigenvalue weighted by atomic mass is 35.5. The van der Waals surface area contributed by atoms with Gasteiger partial charge in [-0.3, -0.25) is 4.79 Å². The maximum atomic E-state index is 9.68. The molecule has 0 amide bonds. The van der Waals surface area contributed by atoms with Crippen molar-refractivity contribution < 1.29 is 9.90 Å². The molecule has 0 saturated heterocycles. The minimum Gasteiger partial charge on any atom is -0.481 e. The minimum atomic E-state index is -0.814. The van der Waals surface area contributed by atoms with E-state index in [0.29, 0.717) is 5.21 Å². The van der Waals surface area contributed by atoms with Crippen LogP contribution < -0.4 is 0 Å². The molecule has 0 heterocycles. The van der Waals surface area contributed by atoms with Crippen molar-refractivity contribution in [3.05, 3.63) is 0 Å². The molecule has 0 radical (unpaired) electrons. The summed E-state index contributed by atoms with van der Waals surface area (Å²) in [7, 11) is 0. The Morgan fingerprint density at radius 2 is 2.43 bits per heavy atom. The van der Waals surface area contributed by atoms with E-state index in [9.17, 15) is 4.79 Å². The van der Waals surface area contributed by atoms with E-state index in [1.54, 1.807) is 0 Å². The van der Waals surface area contributed by atoms with Gasteiger partial charge in [0.25, 0.3) is 0 Å². The fraction of sp³-hybridized carbons (Fsp3) is 0.667. The first-order valence-corrected chi connectivity index (χ1v) is 3.32. The maximum absolute atomic E-state index is 9.68. The summed E-state index contributed by atoms with van der Waals surface area (Å²) in [6.07, 6.45) is 0. The molecule has 1 N–H and O–H groups in total. The highest BCUT2D eigenvalue weighted by molar-refractivity contribution is 8.00. The van der Waals surface area contributed by atoms with E-state index < -0.39 is 5.97 Å². The average molecular weight is 141 g/mol. The van der Waals surface area contributed by atoms with Gasteiger partial charge in [-0.15, -0.1) is 23.4 Å². The second-order valence-electron chi connectivity index (χ2n) is 0.851. The summed E-state index contributed by atoms with van der Waals surface area (Å²) in [6.45, 7) is 0. The van der Waals surface area contributed by atoms with E-state index in [1.165, 1.54) is 11.8 Å². The van der Waals surface area contributed by atoms with Crippen molar-refractivity contribution in [2.75, 3.05) is 11.0 Å². The zero-order valence-electron chi connectivity index (χ0n) is 3.56. The van der Waals surface area contributed by atoms with Crippen LogP contribution >= 0.6 is 23.4 Å². The molecule has 0 rings (SSSR count). The second kappa shape index (κ2) is 4.27. The van der Waals surface area contributed by atoms with Gasteiger partial charge in [-0.2, -0.15) is 0 Å².